The van der Waals surface area contributed by atoms with Gasteiger partial charge in [0.2, 0.25) is 0 Å². The normalized spacial score (nSPS) is 23.3. The molecule has 10 heteroatoms. The van der Waals surface area contributed by atoms with E-state index in [1.165, 1.54) is 11.3 Å². The van der Waals surface area contributed by atoms with E-state index in [-0.39, 0.29) is 17.0 Å². The summed E-state index contributed by atoms with van der Waals surface area (Å²) in [5.74, 6) is 0.106. The Morgan fingerprint density at radius 1 is 1.37 bits per heavy atom. The molecule has 1 saturated carbocycles. The predicted octanol–water partition coefficient (Wildman–Crippen LogP) is 3.13. The molecule has 0 spiro atoms. The number of ether oxygens (including phenoxy) is 1. The fourth-order valence-electron chi connectivity index (χ4n) is 3.56. The predicted molar refractivity (Wildman–Crippen MR) is 104 cm³/mol. The van der Waals surface area contributed by atoms with Gasteiger partial charge in [0.15, 0.2) is 10.8 Å². The second-order valence-corrected chi connectivity index (χ2v) is 8.31. The highest BCUT2D eigenvalue weighted by molar-refractivity contribution is 7.13. The Morgan fingerprint density at radius 3 is 2.67 bits per heavy atom. The average molecular weight is 429 g/mol. The van der Waals surface area contributed by atoms with Crippen LogP contribution in [0.4, 0.5) is 5.13 Å². The van der Waals surface area contributed by atoms with Gasteiger partial charge >= 0.3 is 5.97 Å². The van der Waals surface area contributed by atoms with Gasteiger partial charge in [0.25, 0.3) is 5.91 Å². The number of nitrogens with zero attached hydrogens (tertiary/aromatic N) is 2. The summed E-state index contributed by atoms with van der Waals surface area (Å²) < 4.78 is 4.97. The summed E-state index contributed by atoms with van der Waals surface area (Å²) in [6, 6.07) is 0.122. The zero-order valence-electron chi connectivity index (χ0n) is 14.7. The number of carbonyl (C=O) groups is 2. The molecule has 1 amide bonds. The molecular formula is C17H18Cl2N4O3S. The van der Waals surface area contributed by atoms with Gasteiger partial charge in [0.1, 0.15) is 5.69 Å². The molecule has 0 radical (unpaired) electrons. The minimum absolute atomic E-state index is 0.122. The van der Waals surface area contributed by atoms with Crippen molar-refractivity contribution in [2.75, 3.05) is 24.6 Å². The van der Waals surface area contributed by atoms with Crippen molar-refractivity contribution >= 4 is 51.5 Å². The lowest BCUT2D eigenvalue weighted by atomic mass is 10.3. The van der Waals surface area contributed by atoms with Crippen LogP contribution in [-0.4, -0.2) is 47.6 Å². The van der Waals surface area contributed by atoms with Crippen molar-refractivity contribution < 1.29 is 14.3 Å². The number of hydrogen-bond acceptors (Lipinski definition) is 6. The number of rotatable bonds is 5. The van der Waals surface area contributed by atoms with E-state index in [1.807, 2.05) is 0 Å². The molecule has 1 aliphatic heterocycles. The van der Waals surface area contributed by atoms with Crippen molar-refractivity contribution in [1.29, 1.82) is 0 Å². The Morgan fingerprint density at radius 2 is 2.07 bits per heavy atom. The molecule has 2 N–H and O–H groups in total. The highest BCUT2D eigenvalue weighted by Crippen LogP contribution is 2.47. The maximum absolute atomic E-state index is 12.4. The molecule has 2 aliphatic rings. The van der Waals surface area contributed by atoms with Crippen LogP contribution < -0.4 is 10.2 Å². The number of thiazole rings is 1. The Hall–Kier alpha value is -1.77. The van der Waals surface area contributed by atoms with E-state index in [2.05, 4.69) is 20.2 Å². The standard InChI is InChI=1S/C17H18Cl2N4O3S/c1-3-26-16(25)10-6-27-17(21-10)23-4-8-9(5-23)13(8)22-15(24)14-12(19)11(18)7(2)20-14/h6,8-9,13,20H,3-5H2,1-2H3,(H,22,24)/t8-,9+,13?. The van der Waals surface area contributed by atoms with Gasteiger partial charge in [-0.3, -0.25) is 4.79 Å². The third-order valence-electron chi connectivity index (χ3n) is 5.02. The number of fused-ring (bicyclic) bond motifs is 1. The summed E-state index contributed by atoms with van der Waals surface area (Å²) in [6.45, 7) is 5.46. The van der Waals surface area contributed by atoms with Crippen LogP contribution in [0.15, 0.2) is 5.38 Å². The maximum Gasteiger partial charge on any atom is 0.357 e. The molecule has 7 nitrogen and oxygen atoms in total. The molecule has 2 aromatic rings. The van der Waals surface area contributed by atoms with Crippen molar-refractivity contribution in [2.45, 2.75) is 19.9 Å². The van der Waals surface area contributed by atoms with E-state index in [9.17, 15) is 9.59 Å². The Bertz CT molecular complexity index is 900. The summed E-state index contributed by atoms with van der Waals surface area (Å²) >= 11 is 13.6. The van der Waals surface area contributed by atoms with E-state index in [0.29, 0.717) is 40.5 Å². The van der Waals surface area contributed by atoms with Crippen molar-refractivity contribution in [3.63, 3.8) is 0 Å². The molecular weight excluding hydrogens is 411 g/mol. The summed E-state index contributed by atoms with van der Waals surface area (Å²) in [5.41, 5.74) is 1.33. The molecule has 0 bridgehead atoms. The molecule has 2 fully saturated rings. The van der Waals surface area contributed by atoms with Crippen LogP contribution in [0.3, 0.4) is 0 Å². The van der Waals surface area contributed by atoms with Crippen LogP contribution in [0.1, 0.15) is 33.6 Å². The second kappa shape index (κ2) is 7.00. The highest BCUT2D eigenvalue weighted by atomic mass is 35.5. The van der Waals surface area contributed by atoms with E-state index >= 15 is 0 Å². The maximum atomic E-state index is 12.4. The molecule has 1 unspecified atom stereocenters. The van der Waals surface area contributed by atoms with Crippen molar-refractivity contribution in [1.82, 2.24) is 15.3 Å². The van der Waals surface area contributed by atoms with E-state index in [4.69, 9.17) is 27.9 Å². The summed E-state index contributed by atoms with van der Waals surface area (Å²) in [7, 11) is 0. The lowest BCUT2D eigenvalue weighted by Gasteiger charge is -2.19. The number of esters is 1. The third-order valence-corrected chi connectivity index (χ3v) is 6.87. The molecule has 0 aromatic carbocycles. The van der Waals surface area contributed by atoms with E-state index < -0.39 is 5.97 Å². The van der Waals surface area contributed by atoms with Gasteiger partial charge in [0.05, 0.1) is 16.7 Å². The number of H-pyrrole nitrogens is 1. The van der Waals surface area contributed by atoms with Crippen LogP contribution in [0.5, 0.6) is 0 Å². The SMILES string of the molecule is CCOC(=O)c1csc(N2C[C@@H]3C(NC(=O)c4[nH]c(C)c(Cl)c4Cl)[C@@H]3C2)n1. The molecule has 1 saturated heterocycles. The minimum atomic E-state index is -0.397. The second-order valence-electron chi connectivity index (χ2n) is 6.72. The third kappa shape index (κ3) is 3.30. The Labute approximate surface area is 170 Å². The molecule has 3 heterocycles. The number of piperidine rings is 1. The van der Waals surface area contributed by atoms with Crippen LogP contribution in [0.2, 0.25) is 10.0 Å². The molecule has 3 atom stereocenters. The number of carbonyl (C=O) groups excluding carboxylic acids is 2. The topological polar surface area (TPSA) is 87.3 Å². The van der Waals surface area contributed by atoms with Crippen LogP contribution in [0.25, 0.3) is 0 Å². The van der Waals surface area contributed by atoms with Crippen molar-refractivity contribution in [2.24, 2.45) is 11.8 Å². The highest BCUT2D eigenvalue weighted by Gasteiger charge is 2.57. The van der Waals surface area contributed by atoms with Crippen molar-refractivity contribution in [3.05, 3.63) is 32.5 Å². The fraction of sp³-hybridized carbons (Fsp3) is 0.471. The Balaban J connectivity index is 1.34. The van der Waals surface area contributed by atoms with Gasteiger partial charge in [-0.05, 0) is 13.8 Å². The summed E-state index contributed by atoms with van der Waals surface area (Å²) in [4.78, 5) is 33.6. The van der Waals surface area contributed by atoms with E-state index in [1.54, 1.807) is 19.2 Å². The van der Waals surface area contributed by atoms with Gasteiger partial charge in [-0.1, -0.05) is 23.2 Å². The number of halogens is 2. The number of aromatic nitrogens is 2. The number of anilines is 1. The number of hydrogen-bond donors (Lipinski definition) is 2. The molecule has 4 rings (SSSR count). The first kappa shape index (κ1) is 18.6. The van der Waals surface area contributed by atoms with Crippen LogP contribution in [-0.2, 0) is 4.74 Å². The van der Waals surface area contributed by atoms with Gasteiger partial charge in [-0.2, -0.15) is 0 Å². The van der Waals surface area contributed by atoms with Gasteiger partial charge in [-0.25, -0.2) is 9.78 Å². The zero-order chi connectivity index (χ0) is 19.3. The largest absolute Gasteiger partial charge is 0.461 e. The Kier molecular flexibility index (Phi) is 4.82. The fourth-order valence-corrected chi connectivity index (χ4v) is 4.79. The van der Waals surface area contributed by atoms with E-state index in [0.717, 1.165) is 18.2 Å². The first-order chi connectivity index (χ1) is 12.9. The van der Waals surface area contributed by atoms with Crippen LogP contribution in [0, 0.1) is 18.8 Å². The van der Waals surface area contributed by atoms with Crippen LogP contribution >= 0.6 is 34.5 Å². The van der Waals surface area contributed by atoms with Gasteiger partial charge in [-0.15, -0.1) is 11.3 Å². The number of nitrogens with one attached hydrogen (secondary N) is 2. The lowest BCUT2D eigenvalue weighted by molar-refractivity contribution is 0.0520. The monoisotopic (exact) mass is 428 g/mol. The number of aryl methyl sites for hydroxylation is 1. The minimum Gasteiger partial charge on any atom is -0.461 e. The number of aromatic amines is 1. The van der Waals surface area contributed by atoms with Crippen molar-refractivity contribution in [3.8, 4) is 0 Å². The molecule has 144 valence electrons. The number of amides is 1. The smallest absolute Gasteiger partial charge is 0.357 e. The summed E-state index contributed by atoms with van der Waals surface area (Å²) in [6.07, 6.45) is 0. The summed E-state index contributed by atoms with van der Waals surface area (Å²) in [5, 5.41) is 6.20. The van der Waals surface area contributed by atoms with Gasteiger partial charge < -0.3 is 19.9 Å². The average Bonchev–Trinajstić information content (AvgIpc) is 3.09. The quantitative estimate of drug-likeness (QED) is 0.714. The molecule has 2 aromatic heterocycles. The first-order valence-electron chi connectivity index (χ1n) is 8.62. The molecule has 27 heavy (non-hydrogen) atoms. The van der Waals surface area contributed by atoms with Gasteiger partial charge in [0, 0.05) is 42.0 Å². The molecule has 1 aliphatic carbocycles. The first-order valence-corrected chi connectivity index (χ1v) is 10.3. The lowest BCUT2D eigenvalue weighted by Crippen LogP contribution is -2.34. The zero-order valence-corrected chi connectivity index (χ0v) is 17.0.